The van der Waals surface area contributed by atoms with E-state index in [2.05, 4.69) is 27.1 Å². The van der Waals surface area contributed by atoms with E-state index in [1.54, 1.807) is 0 Å². The van der Waals surface area contributed by atoms with Crippen LogP contribution in [-0.2, 0) is 0 Å². The molecule has 0 aromatic heterocycles. The van der Waals surface area contributed by atoms with Crippen LogP contribution in [0.5, 0.6) is 0 Å². The molecule has 0 spiro atoms. The third-order valence-corrected chi connectivity index (χ3v) is 3.69. The van der Waals surface area contributed by atoms with Crippen molar-refractivity contribution in [2.75, 3.05) is 11.4 Å². The zero-order chi connectivity index (χ0) is 12.4. The van der Waals surface area contributed by atoms with Crippen molar-refractivity contribution in [3.63, 3.8) is 0 Å². The molecule has 2 atom stereocenters. The van der Waals surface area contributed by atoms with Crippen molar-refractivity contribution in [2.24, 2.45) is 5.73 Å². The molecule has 1 saturated heterocycles. The molecule has 0 aliphatic carbocycles. The van der Waals surface area contributed by atoms with Crippen LogP contribution in [0.3, 0.4) is 0 Å². The number of piperidine rings is 1. The first kappa shape index (κ1) is 12.4. The minimum absolute atomic E-state index is 0.361. The number of primary amides is 1. The minimum atomic E-state index is -0.361. The molecule has 1 fully saturated rings. The van der Waals surface area contributed by atoms with Gasteiger partial charge in [-0.25, -0.2) is 0 Å². The van der Waals surface area contributed by atoms with Gasteiger partial charge in [-0.15, -0.1) is 9.24 Å². The van der Waals surface area contributed by atoms with Crippen LogP contribution in [0.4, 0.5) is 5.69 Å². The summed E-state index contributed by atoms with van der Waals surface area (Å²) < 4.78 is 0. The molecule has 0 bridgehead atoms. The van der Waals surface area contributed by atoms with Crippen LogP contribution < -0.4 is 15.9 Å². The fourth-order valence-electron chi connectivity index (χ4n) is 2.42. The van der Waals surface area contributed by atoms with Crippen LogP contribution in [0.15, 0.2) is 18.2 Å². The standard InChI is InChI=1S/C13H19N2OP/c1-9-4-2-3-5-15(9)11-6-10(13(14)16)7-12(17)8-11/h6-9H,2-5,17H2,1H3,(H2,14,16). The molecule has 17 heavy (non-hydrogen) atoms. The Morgan fingerprint density at radius 1 is 1.41 bits per heavy atom. The van der Waals surface area contributed by atoms with Crippen molar-refractivity contribution in [3.05, 3.63) is 23.8 Å². The zero-order valence-electron chi connectivity index (χ0n) is 10.1. The summed E-state index contributed by atoms with van der Waals surface area (Å²) in [7, 11) is 2.64. The highest BCUT2D eigenvalue weighted by atomic mass is 31.0. The molecule has 1 amide bonds. The first-order valence-corrected chi connectivity index (χ1v) is 6.62. The Labute approximate surface area is 105 Å². The first-order valence-electron chi connectivity index (χ1n) is 6.05. The molecule has 2 unspecified atom stereocenters. The van der Waals surface area contributed by atoms with E-state index in [9.17, 15) is 4.79 Å². The largest absolute Gasteiger partial charge is 0.369 e. The molecule has 1 aliphatic heterocycles. The van der Waals surface area contributed by atoms with Crippen molar-refractivity contribution >= 4 is 26.1 Å². The monoisotopic (exact) mass is 250 g/mol. The van der Waals surface area contributed by atoms with Gasteiger partial charge in [0.15, 0.2) is 0 Å². The van der Waals surface area contributed by atoms with Gasteiger partial charge in [-0.1, -0.05) is 0 Å². The van der Waals surface area contributed by atoms with Gasteiger partial charge in [-0.3, -0.25) is 4.79 Å². The van der Waals surface area contributed by atoms with Crippen molar-refractivity contribution < 1.29 is 4.79 Å². The van der Waals surface area contributed by atoms with Gasteiger partial charge in [0, 0.05) is 23.8 Å². The predicted octanol–water partition coefficient (Wildman–Crippen LogP) is 1.66. The molecule has 0 saturated carbocycles. The summed E-state index contributed by atoms with van der Waals surface area (Å²) in [4.78, 5) is 13.6. The Bertz CT molecular complexity index is 433. The average molecular weight is 250 g/mol. The minimum Gasteiger partial charge on any atom is -0.369 e. The van der Waals surface area contributed by atoms with Crippen LogP contribution in [0.25, 0.3) is 0 Å². The van der Waals surface area contributed by atoms with Gasteiger partial charge in [0.25, 0.3) is 0 Å². The van der Waals surface area contributed by atoms with Gasteiger partial charge in [0.05, 0.1) is 0 Å². The lowest BCUT2D eigenvalue weighted by Crippen LogP contribution is -2.37. The highest BCUT2D eigenvalue weighted by molar-refractivity contribution is 7.27. The van der Waals surface area contributed by atoms with Gasteiger partial charge in [-0.2, -0.15) is 0 Å². The molecule has 1 heterocycles. The van der Waals surface area contributed by atoms with Gasteiger partial charge >= 0.3 is 0 Å². The fraction of sp³-hybridized carbons (Fsp3) is 0.462. The Balaban J connectivity index is 2.33. The number of benzene rings is 1. The first-order chi connectivity index (χ1) is 8.08. The summed E-state index contributed by atoms with van der Waals surface area (Å²) in [6, 6.07) is 6.35. The lowest BCUT2D eigenvalue weighted by Gasteiger charge is -2.35. The number of anilines is 1. The molecule has 0 radical (unpaired) electrons. The van der Waals surface area contributed by atoms with Crippen LogP contribution in [0, 0.1) is 0 Å². The van der Waals surface area contributed by atoms with Crippen LogP contribution in [0.1, 0.15) is 36.5 Å². The van der Waals surface area contributed by atoms with Gasteiger partial charge in [0.2, 0.25) is 5.91 Å². The lowest BCUT2D eigenvalue weighted by molar-refractivity contribution is 0.100. The zero-order valence-corrected chi connectivity index (χ0v) is 11.3. The number of hydrogen-bond donors (Lipinski definition) is 1. The highest BCUT2D eigenvalue weighted by Gasteiger charge is 2.19. The fourth-order valence-corrected chi connectivity index (χ4v) is 2.77. The van der Waals surface area contributed by atoms with Gasteiger partial charge in [-0.05, 0) is 49.7 Å². The molecule has 1 aromatic rings. The molecular formula is C13H19N2OP. The molecule has 4 heteroatoms. The molecule has 92 valence electrons. The number of rotatable bonds is 2. The SMILES string of the molecule is CC1CCCCN1c1cc(P)cc(C(N)=O)c1. The molecule has 2 N–H and O–H groups in total. The number of nitrogens with two attached hydrogens (primary N) is 1. The number of amides is 1. The van der Waals surface area contributed by atoms with E-state index >= 15 is 0 Å². The molecule has 1 aliphatic rings. The van der Waals surface area contributed by atoms with E-state index < -0.39 is 0 Å². The van der Waals surface area contributed by atoms with E-state index in [4.69, 9.17) is 5.73 Å². The molecule has 2 rings (SSSR count). The molecular weight excluding hydrogens is 231 g/mol. The maximum atomic E-state index is 11.3. The van der Waals surface area contributed by atoms with Crippen LogP contribution in [0.2, 0.25) is 0 Å². The predicted molar refractivity (Wildman–Crippen MR) is 75.0 cm³/mol. The Morgan fingerprint density at radius 3 is 2.82 bits per heavy atom. The van der Waals surface area contributed by atoms with Crippen molar-refractivity contribution in [3.8, 4) is 0 Å². The third-order valence-electron chi connectivity index (χ3n) is 3.36. The van der Waals surface area contributed by atoms with Crippen molar-refractivity contribution in [1.82, 2.24) is 0 Å². The van der Waals surface area contributed by atoms with E-state index in [-0.39, 0.29) is 5.91 Å². The number of hydrogen-bond acceptors (Lipinski definition) is 2. The smallest absolute Gasteiger partial charge is 0.248 e. The number of carbonyl (C=O) groups is 1. The van der Waals surface area contributed by atoms with Crippen molar-refractivity contribution in [1.29, 1.82) is 0 Å². The summed E-state index contributed by atoms with van der Waals surface area (Å²) in [5, 5.41) is 1.01. The lowest BCUT2D eigenvalue weighted by atomic mass is 10.0. The Hall–Kier alpha value is -1.08. The maximum absolute atomic E-state index is 11.3. The second-order valence-corrected chi connectivity index (χ2v) is 5.38. The van der Waals surface area contributed by atoms with E-state index in [0.29, 0.717) is 11.6 Å². The second-order valence-electron chi connectivity index (χ2n) is 4.72. The van der Waals surface area contributed by atoms with Gasteiger partial charge < -0.3 is 10.6 Å². The van der Waals surface area contributed by atoms with Gasteiger partial charge in [0.1, 0.15) is 0 Å². The topological polar surface area (TPSA) is 46.3 Å². The Kier molecular flexibility index (Phi) is 3.68. The average Bonchev–Trinajstić information content (AvgIpc) is 2.28. The molecule has 1 aromatic carbocycles. The van der Waals surface area contributed by atoms with E-state index in [1.165, 1.54) is 19.3 Å². The maximum Gasteiger partial charge on any atom is 0.248 e. The second kappa shape index (κ2) is 5.05. The molecule has 3 nitrogen and oxygen atoms in total. The summed E-state index contributed by atoms with van der Waals surface area (Å²) in [5.74, 6) is -0.361. The Morgan fingerprint density at radius 2 is 2.18 bits per heavy atom. The summed E-state index contributed by atoms with van der Waals surface area (Å²) in [6.07, 6.45) is 3.73. The normalized spacial score (nSPS) is 20.4. The number of nitrogens with zero attached hydrogens (tertiary/aromatic N) is 1. The van der Waals surface area contributed by atoms with Crippen LogP contribution in [-0.4, -0.2) is 18.5 Å². The summed E-state index contributed by atoms with van der Waals surface area (Å²) >= 11 is 0. The summed E-state index contributed by atoms with van der Waals surface area (Å²) in [5.41, 5.74) is 7.05. The van der Waals surface area contributed by atoms with E-state index in [0.717, 1.165) is 17.5 Å². The van der Waals surface area contributed by atoms with Crippen LogP contribution >= 0.6 is 9.24 Å². The summed E-state index contributed by atoms with van der Waals surface area (Å²) in [6.45, 7) is 3.30. The van der Waals surface area contributed by atoms with E-state index in [1.807, 2.05) is 12.1 Å². The quantitative estimate of drug-likeness (QED) is 0.811. The highest BCUT2D eigenvalue weighted by Crippen LogP contribution is 2.25. The number of carbonyl (C=O) groups excluding carboxylic acids is 1. The third kappa shape index (κ3) is 2.78. The van der Waals surface area contributed by atoms with Crippen molar-refractivity contribution in [2.45, 2.75) is 32.2 Å².